The monoisotopic (exact) mass is 262 g/mol. The zero-order valence-electron chi connectivity index (χ0n) is 8.18. The molecule has 2 nitrogen and oxygen atoms in total. The van der Waals surface area contributed by atoms with Crippen molar-refractivity contribution in [3.8, 4) is 0 Å². The van der Waals surface area contributed by atoms with E-state index >= 15 is 0 Å². The van der Waals surface area contributed by atoms with Gasteiger partial charge in [0.15, 0.2) is 0 Å². The van der Waals surface area contributed by atoms with Crippen LogP contribution in [0.3, 0.4) is 0 Å². The number of aromatic nitrogens is 1. The van der Waals surface area contributed by atoms with Gasteiger partial charge in [0.25, 0.3) is 0 Å². The number of halogens is 1. The van der Waals surface area contributed by atoms with Crippen LogP contribution in [-0.4, -0.2) is 18.1 Å². The van der Waals surface area contributed by atoms with E-state index in [4.69, 9.17) is 0 Å². The highest BCUT2D eigenvalue weighted by Gasteiger charge is 2.11. The van der Waals surface area contributed by atoms with Gasteiger partial charge in [-0.1, -0.05) is 22.0 Å². The Morgan fingerprint density at radius 2 is 2.20 bits per heavy atom. The largest absolute Gasteiger partial charge is 0.361 e. The average molecular weight is 263 g/mol. The molecule has 1 aliphatic rings. The summed E-state index contributed by atoms with van der Waals surface area (Å²) in [6, 6.07) is 6.33. The zero-order valence-corrected chi connectivity index (χ0v) is 9.76. The van der Waals surface area contributed by atoms with Crippen LogP contribution in [0.15, 0.2) is 34.9 Å². The SMILES string of the molecule is Brc1ccc2[nH]cc(C3=CCNC3)c2c1. The Morgan fingerprint density at radius 3 is 3.00 bits per heavy atom. The van der Waals surface area contributed by atoms with Crippen LogP contribution < -0.4 is 5.32 Å². The summed E-state index contributed by atoms with van der Waals surface area (Å²) in [5.74, 6) is 0. The number of nitrogens with one attached hydrogen (secondary N) is 2. The highest BCUT2D eigenvalue weighted by molar-refractivity contribution is 9.10. The van der Waals surface area contributed by atoms with Gasteiger partial charge in [0.05, 0.1) is 0 Å². The maximum atomic E-state index is 3.51. The second-order valence-corrected chi connectivity index (χ2v) is 4.67. The van der Waals surface area contributed by atoms with Crippen LogP contribution in [0.25, 0.3) is 16.5 Å². The van der Waals surface area contributed by atoms with Crippen molar-refractivity contribution < 1.29 is 0 Å². The quantitative estimate of drug-likeness (QED) is 0.813. The molecule has 0 bridgehead atoms. The lowest BCUT2D eigenvalue weighted by molar-refractivity contribution is 0.897. The van der Waals surface area contributed by atoms with Crippen molar-refractivity contribution in [1.82, 2.24) is 10.3 Å². The third-order valence-electron chi connectivity index (χ3n) is 2.80. The van der Waals surface area contributed by atoms with Gasteiger partial charge >= 0.3 is 0 Å². The molecule has 2 aromatic rings. The summed E-state index contributed by atoms with van der Waals surface area (Å²) in [5.41, 5.74) is 3.90. The molecule has 1 aromatic carbocycles. The molecule has 3 heteroatoms. The van der Waals surface area contributed by atoms with Crippen molar-refractivity contribution in [3.05, 3.63) is 40.5 Å². The van der Waals surface area contributed by atoms with E-state index in [2.05, 4.69) is 56.7 Å². The molecule has 0 saturated heterocycles. The van der Waals surface area contributed by atoms with Crippen LogP contribution in [0.2, 0.25) is 0 Å². The first kappa shape index (κ1) is 9.19. The van der Waals surface area contributed by atoms with Gasteiger partial charge in [0.1, 0.15) is 0 Å². The van der Waals surface area contributed by atoms with Gasteiger partial charge in [0, 0.05) is 40.2 Å². The number of benzene rings is 1. The zero-order chi connectivity index (χ0) is 10.3. The van der Waals surface area contributed by atoms with Crippen LogP contribution in [0, 0.1) is 0 Å². The predicted molar refractivity (Wildman–Crippen MR) is 66.8 cm³/mol. The van der Waals surface area contributed by atoms with Crippen molar-refractivity contribution in [2.45, 2.75) is 0 Å². The van der Waals surface area contributed by atoms with E-state index in [-0.39, 0.29) is 0 Å². The van der Waals surface area contributed by atoms with Crippen molar-refractivity contribution in [2.24, 2.45) is 0 Å². The van der Waals surface area contributed by atoms with Crippen LogP contribution in [0.1, 0.15) is 5.56 Å². The standard InChI is InChI=1S/C12H11BrN2/c13-9-1-2-12-10(5-9)11(7-15-12)8-3-4-14-6-8/h1-3,5,7,14-15H,4,6H2. The molecule has 0 unspecified atom stereocenters. The second-order valence-electron chi connectivity index (χ2n) is 3.75. The topological polar surface area (TPSA) is 27.8 Å². The Morgan fingerprint density at radius 1 is 1.27 bits per heavy atom. The number of rotatable bonds is 1. The minimum absolute atomic E-state index is 0.972. The van der Waals surface area contributed by atoms with E-state index in [1.807, 2.05) is 0 Å². The van der Waals surface area contributed by atoms with Gasteiger partial charge in [-0.25, -0.2) is 0 Å². The van der Waals surface area contributed by atoms with Crippen LogP contribution in [-0.2, 0) is 0 Å². The molecule has 2 N–H and O–H groups in total. The molecule has 0 saturated carbocycles. The summed E-state index contributed by atoms with van der Waals surface area (Å²) in [5, 5.41) is 4.61. The molecule has 0 atom stereocenters. The maximum Gasteiger partial charge on any atom is 0.0461 e. The van der Waals surface area contributed by atoms with Gasteiger partial charge in [-0.2, -0.15) is 0 Å². The number of aromatic amines is 1. The van der Waals surface area contributed by atoms with E-state index in [1.165, 1.54) is 22.0 Å². The summed E-state index contributed by atoms with van der Waals surface area (Å²) < 4.78 is 1.13. The van der Waals surface area contributed by atoms with Crippen LogP contribution in [0.4, 0.5) is 0 Å². The normalized spacial score (nSPS) is 15.9. The Balaban J connectivity index is 2.22. The molecular formula is C12H11BrN2. The van der Waals surface area contributed by atoms with Gasteiger partial charge in [-0.15, -0.1) is 0 Å². The summed E-state index contributed by atoms with van der Waals surface area (Å²) in [6.45, 7) is 1.95. The summed E-state index contributed by atoms with van der Waals surface area (Å²) in [6.07, 6.45) is 4.35. The Bertz CT molecular complexity index is 540. The van der Waals surface area contributed by atoms with E-state index in [9.17, 15) is 0 Å². The first-order valence-electron chi connectivity index (χ1n) is 5.01. The fraction of sp³-hybridized carbons (Fsp3) is 0.167. The second kappa shape index (κ2) is 3.51. The lowest BCUT2D eigenvalue weighted by Crippen LogP contribution is -2.07. The van der Waals surface area contributed by atoms with Crippen molar-refractivity contribution in [3.63, 3.8) is 0 Å². The Kier molecular flexibility index (Phi) is 2.15. The van der Waals surface area contributed by atoms with Crippen LogP contribution >= 0.6 is 15.9 Å². The highest BCUT2D eigenvalue weighted by atomic mass is 79.9. The smallest absolute Gasteiger partial charge is 0.0461 e. The number of hydrogen-bond acceptors (Lipinski definition) is 1. The minimum atomic E-state index is 0.972. The summed E-state index contributed by atoms with van der Waals surface area (Å²) in [7, 11) is 0. The van der Waals surface area contributed by atoms with E-state index in [0.29, 0.717) is 0 Å². The third kappa shape index (κ3) is 1.52. The molecule has 0 aliphatic carbocycles. The third-order valence-corrected chi connectivity index (χ3v) is 3.29. The van der Waals surface area contributed by atoms with Gasteiger partial charge < -0.3 is 10.3 Å². The fourth-order valence-electron chi connectivity index (χ4n) is 2.04. The molecule has 0 spiro atoms. The predicted octanol–water partition coefficient (Wildman–Crippen LogP) is 2.92. The first-order valence-corrected chi connectivity index (χ1v) is 5.80. The Labute approximate surface area is 96.5 Å². The number of hydrogen-bond donors (Lipinski definition) is 2. The van der Waals surface area contributed by atoms with E-state index in [1.54, 1.807) is 0 Å². The molecule has 0 amide bonds. The van der Waals surface area contributed by atoms with Gasteiger partial charge in [-0.3, -0.25) is 0 Å². The minimum Gasteiger partial charge on any atom is -0.361 e. The van der Waals surface area contributed by atoms with E-state index in [0.717, 1.165) is 17.6 Å². The maximum absolute atomic E-state index is 3.51. The summed E-state index contributed by atoms with van der Waals surface area (Å²) in [4.78, 5) is 3.30. The van der Waals surface area contributed by atoms with Crippen molar-refractivity contribution in [2.75, 3.05) is 13.1 Å². The molecule has 3 rings (SSSR count). The van der Waals surface area contributed by atoms with Gasteiger partial charge in [-0.05, 0) is 23.8 Å². The molecule has 76 valence electrons. The molecule has 15 heavy (non-hydrogen) atoms. The first-order chi connectivity index (χ1) is 7.34. The Hall–Kier alpha value is -1.06. The van der Waals surface area contributed by atoms with Crippen molar-refractivity contribution in [1.29, 1.82) is 0 Å². The molecule has 1 aromatic heterocycles. The molecule has 0 radical (unpaired) electrons. The lowest BCUT2D eigenvalue weighted by atomic mass is 10.1. The summed E-state index contributed by atoms with van der Waals surface area (Å²) >= 11 is 3.51. The lowest BCUT2D eigenvalue weighted by Gasteiger charge is -1.99. The molecule has 0 fully saturated rings. The fourth-order valence-corrected chi connectivity index (χ4v) is 2.40. The highest BCUT2D eigenvalue weighted by Crippen LogP contribution is 2.28. The number of H-pyrrole nitrogens is 1. The number of fused-ring (bicyclic) bond motifs is 1. The van der Waals surface area contributed by atoms with Gasteiger partial charge in [0.2, 0.25) is 0 Å². The average Bonchev–Trinajstić information content (AvgIpc) is 2.83. The van der Waals surface area contributed by atoms with Crippen LogP contribution in [0.5, 0.6) is 0 Å². The molecule has 2 heterocycles. The van der Waals surface area contributed by atoms with E-state index < -0.39 is 0 Å². The molecule has 1 aliphatic heterocycles. The van der Waals surface area contributed by atoms with Crippen molar-refractivity contribution >= 4 is 32.4 Å². The molecular weight excluding hydrogens is 252 g/mol.